The number of piperidine rings is 2. The lowest BCUT2D eigenvalue weighted by molar-refractivity contribution is -0.143. The van der Waals surface area contributed by atoms with Crippen LogP contribution < -0.4 is 5.32 Å². The molecule has 2 aromatic carbocycles. The molecule has 2 heterocycles. The van der Waals surface area contributed by atoms with E-state index in [1.54, 1.807) is 13.0 Å². The van der Waals surface area contributed by atoms with Gasteiger partial charge in [0, 0.05) is 37.5 Å². The first-order valence-electron chi connectivity index (χ1n) is 14.6. The van der Waals surface area contributed by atoms with Crippen LogP contribution >= 0.6 is 24.8 Å². The fourth-order valence-electron chi connectivity index (χ4n) is 6.57. The van der Waals surface area contributed by atoms with E-state index in [1.165, 1.54) is 17.0 Å². The van der Waals surface area contributed by atoms with Gasteiger partial charge in [-0.3, -0.25) is 4.79 Å². The minimum atomic E-state index is -4.96. The molecule has 2 saturated heterocycles. The van der Waals surface area contributed by atoms with Crippen LogP contribution in [0.2, 0.25) is 0 Å². The first-order chi connectivity index (χ1) is 19.8. The van der Waals surface area contributed by atoms with E-state index in [0.717, 1.165) is 38.0 Å². The van der Waals surface area contributed by atoms with E-state index in [1.807, 2.05) is 0 Å². The van der Waals surface area contributed by atoms with Crippen molar-refractivity contribution in [3.05, 3.63) is 70.0 Å². The van der Waals surface area contributed by atoms with Gasteiger partial charge in [-0.15, -0.1) is 24.8 Å². The van der Waals surface area contributed by atoms with Gasteiger partial charge in [0.2, 0.25) is 5.91 Å². The molecule has 0 radical (unpaired) electrons. The summed E-state index contributed by atoms with van der Waals surface area (Å²) in [5.74, 6) is -0.918. The predicted molar refractivity (Wildman–Crippen MR) is 159 cm³/mol. The molecule has 2 aromatic rings. The Morgan fingerprint density at radius 3 is 2.07 bits per heavy atom. The zero-order valence-corrected chi connectivity index (χ0v) is 25.9. The largest absolute Gasteiger partial charge is 0.416 e. The molecule has 1 N–H and O–H groups in total. The Balaban J connectivity index is 0.00000264. The van der Waals surface area contributed by atoms with Crippen LogP contribution in [0.4, 0.5) is 30.7 Å². The van der Waals surface area contributed by atoms with Crippen LogP contribution in [0.3, 0.4) is 0 Å². The summed E-state index contributed by atoms with van der Waals surface area (Å²) in [7, 11) is 0. The average molecular weight is 673 g/mol. The summed E-state index contributed by atoms with van der Waals surface area (Å²) in [5.41, 5.74) is -1.41. The second-order valence-electron chi connectivity index (χ2n) is 12.1. The molecule has 13 heteroatoms. The molecule has 1 saturated carbocycles. The summed E-state index contributed by atoms with van der Waals surface area (Å²) < 4.78 is 95.1. The van der Waals surface area contributed by atoms with Crippen molar-refractivity contribution in [1.29, 1.82) is 0 Å². The lowest BCUT2D eigenvalue weighted by Gasteiger charge is -2.42. The molecule has 0 aromatic heterocycles. The van der Waals surface area contributed by atoms with Crippen LogP contribution in [0.25, 0.3) is 0 Å². The number of benzene rings is 2. The molecular weight excluding hydrogens is 634 g/mol. The fourth-order valence-corrected chi connectivity index (χ4v) is 6.57. The van der Waals surface area contributed by atoms with Gasteiger partial charge in [-0.05, 0) is 112 Å². The third-order valence-electron chi connectivity index (χ3n) is 8.89. The molecule has 4 nitrogen and oxygen atoms in total. The molecule has 0 bridgehead atoms. The first-order valence-corrected chi connectivity index (χ1v) is 14.6. The number of carbonyl (C=O) groups excluding carboxylic acids is 1. The molecule has 44 heavy (non-hydrogen) atoms. The molecule has 5 rings (SSSR count). The predicted octanol–water partition coefficient (Wildman–Crippen LogP) is 7.61. The second kappa shape index (κ2) is 14.6. The van der Waals surface area contributed by atoms with E-state index in [2.05, 4.69) is 10.2 Å². The Hall–Kier alpha value is -2.08. The van der Waals surface area contributed by atoms with Gasteiger partial charge in [0.1, 0.15) is 5.82 Å². The lowest BCUT2D eigenvalue weighted by Crippen LogP contribution is -2.48. The monoisotopic (exact) mass is 671 g/mol. The number of aryl methyl sites for hydroxylation is 1. The Morgan fingerprint density at radius 2 is 1.52 bits per heavy atom. The number of likely N-dealkylation sites (tertiary alicyclic amines) is 1. The van der Waals surface area contributed by atoms with Crippen molar-refractivity contribution in [3.8, 4) is 0 Å². The molecule has 3 aliphatic rings. The maximum Gasteiger partial charge on any atom is 0.416 e. The number of carbonyl (C=O) groups is 1. The van der Waals surface area contributed by atoms with Crippen LogP contribution in [0.1, 0.15) is 65.8 Å². The van der Waals surface area contributed by atoms with Gasteiger partial charge >= 0.3 is 12.4 Å². The average Bonchev–Trinajstić information content (AvgIpc) is 3.76. The molecule has 2 atom stereocenters. The number of nitrogens with one attached hydrogen (secondary N) is 1. The van der Waals surface area contributed by atoms with Gasteiger partial charge in [0.25, 0.3) is 0 Å². The van der Waals surface area contributed by atoms with E-state index < -0.39 is 29.4 Å². The van der Waals surface area contributed by atoms with Crippen LogP contribution in [0.5, 0.6) is 0 Å². The maximum atomic E-state index is 14.2. The molecule has 0 unspecified atom stereocenters. The highest BCUT2D eigenvalue weighted by Gasteiger charge is 2.43. The summed E-state index contributed by atoms with van der Waals surface area (Å²) in [6.45, 7) is 5.51. The summed E-state index contributed by atoms with van der Waals surface area (Å²) in [4.78, 5) is 18.0. The van der Waals surface area contributed by atoms with Gasteiger partial charge in [-0.25, -0.2) is 4.39 Å². The van der Waals surface area contributed by atoms with Gasteiger partial charge in [0.05, 0.1) is 11.1 Å². The Kier molecular flexibility index (Phi) is 12.0. The smallest absolute Gasteiger partial charge is 0.335 e. The first kappa shape index (κ1) is 36.4. The molecule has 0 spiro atoms. The van der Waals surface area contributed by atoms with Crippen molar-refractivity contribution in [2.75, 3.05) is 32.7 Å². The van der Waals surface area contributed by atoms with Gasteiger partial charge in [-0.2, -0.15) is 26.3 Å². The highest BCUT2D eigenvalue weighted by atomic mass is 35.5. The zero-order chi connectivity index (χ0) is 30.2. The number of nitrogens with zero attached hydrogens (tertiary/aromatic N) is 2. The second-order valence-corrected chi connectivity index (χ2v) is 12.1. The summed E-state index contributed by atoms with van der Waals surface area (Å²) in [6, 6.07) is 5.80. The van der Waals surface area contributed by atoms with Crippen LogP contribution in [-0.2, 0) is 23.7 Å². The molecular formula is C31H38Cl2F7N3O. The maximum absolute atomic E-state index is 14.2. The van der Waals surface area contributed by atoms with E-state index in [9.17, 15) is 35.5 Å². The number of hydrogen-bond acceptors (Lipinski definition) is 3. The van der Waals surface area contributed by atoms with Crippen molar-refractivity contribution >= 4 is 30.7 Å². The quantitative estimate of drug-likeness (QED) is 0.308. The van der Waals surface area contributed by atoms with Crippen LogP contribution in [0, 0.1) is 24.6 Å². The fraction of sp³-hybridized carbons (Fsp3) is 0.581. The Morgan fingerprint density at radius 1 is 0.909 bits per heavy atom. The number of alkyl halides is 6. The molecule has 2 aliphatic heterocycles. The third-order valence-corrected chi connectivity index (χ3v) is 8.89. The zero-order valence-electron chi connectivity index (χ0n) is 24.3. The van der Waals surface area contributed by atoms with Crippen LogP contribution in [0.15, 0.2) is 36.4 Å². The highest BCUT2D eigenvalue weighted by Crippen LogP contribution is 2.41. The topological polar surface area (TPSA) is 35.6 Å². The van der Waals surface area contributed by atoms with Gasteiger partial charge in [-0.1, -0.05) is 6.07 Å². The van der Waals surface area contributed by atoms with Crippen molar-refractivity contribution in [1.82, 2.24) is 15.1 Å². The molecule has 1 amide bonds. The number of halogens is 9. The van der Waals surface area contributed by atoms with Gasteiger partial charge < -0.3 is 15.1 Å². The summed E-state index contributed by atoms with van der Waals surface area (Å²) in [5, 5.41) is 3.36. The standard InChI is InChI=1S/C31H36F7N3O.2ClH/c1-19-12-24(32)2-5-26(19)28-18-40(16-20-6-9-39-10-7-20)11-8-27(28)29(42)41(25-3-4-25)17-21-13-22(30(33,34)35)15-23(14-21)31(36,37)38;;/h2,5,12-15,20,25,27-28,39H,3-4,6-11,16-18H2,1H3;2*1H/t27-,28+;;/m1../s1. The van der Waals surface area contributed by atoms with Crippen molar-refractivity contribution in [2.24, 2.45) is 11.8 Å². The SMILES string of the molecule is Cc1cc(F)ccc1[C@@H]1CN(CC2CCNCC2)CC[C@H]1C(=O)N(Cc1cc(C(F)(F)F)cc(C(F)(F)F)c1)C1CC1.Cl.Cl. The van der Waals surface area contributed by atoms with E-state index in [4.69, 9.17) is 0 Å². The van der Waals surface area contributed by atoms with E-state index in [0.29, 0.717) is 56.0 Å². The van der Waals surface area contributed by atoms with Crippen molar-refractivity contribution in [3.63, 3.8) is 0 Å². The lowest BCUT2D eigenvalue weighted by atomic mass is 9.77. The number of rotatable bonds is 7. The summed E-state index contributed by atoms with van der Waals surface area (Å²) in [6.07, 6.45) is -6.01. The van der Waals surface area contributed by atoms with E-state index >= 15 is 0 Å². The number of amides is 1. The molecule has 3 fully saturated rings. The molecule has 246 valence electrons. The Bertz CT molecular complexity index is 1250. The molecule has 1 aliphatic carbocycles. The van der Waals surface area contributed by atoms with Crippen molar-refractivity contribution < 1.29 is 35.5 Å². The highest BCUT2D eigenvalue weighted by molar-refractivity contribution is 5.85. The van der Waals surface area contributed by atoms with Crippen LogP contribution in [-0.4, -0.2) is 54.5 Å². The minimum absolute atomic E-state index is 0. The number of hydrogen-bond donors (Lipinski definition) is 1. The third kappa shape index (κ3) is 8.79. The van der Waals surface area contributed by atoms with Crippen molar-refractivity contribution in [2.45, 2.75) is 69.9 Å². The van der Waals surface area contributed by atoms with E-state index in [-0.39, 0.29) is 66.7 Å². The van der Waals surface area contributed by atoms with Gasteiger partial charge in [0.15, 0.2) is 0 Å². The normalized spacial score (nSPS) is 21.7. The summed E-state index contributed by atoms with van der Waals surface area (Å²) >= 11 is 0. The Labute approximate surface area is 265 Å². The minimum Gasteiger partial charge on any atom is -0.335 e.